The van der Waals surface area contributed by atoms with Gasteiger partial charge in [-0.3, -0.25) is 9.78 Å². The maximum Gasteiger partial charge on any atom is 0.253 e. The normalized spacial score (nSPS) is 12.3. The molecule has 1 N–H and O–H groups in total. The van der Waals surface area contributed by atoms with E-state index in [1.807, 2.05) is 18.2 Å². The maximum absolute atomic E-state index is 13.8. The first kappa shape index (κ1) is 18.1. The van der Waals surface area contributed by atoms with E-state index >= 15 is 0 Å². The van der Waals surface area contributed by atoms with Gasteiger partial charge in [0, 0.05) is 17.6 Å². The monoisotopic (exact) mass is 350 g/mol. The fourth-order valence-corrected chi connectivity index (χ4v) is 3.18. The van der Waals surface area contributed by atoms with Gasteiger partial charge in [-0.05, 0) is 36.5 Å². The molecule has 134 valence electrons. The third kappa shape index (κ3) is 4.45. The van der Waals surface area contributed by atoms with Crippen molar-refractivity contribution in [3.8, 4) is 0 Å². The first-order chi connectivity index (χ1) is 12.5. The molecule has 0 aliphatic heterocycles. The molecular weight excluding hydrogens is 327 g/mol. The molecule has 0 radical (unpaired) electrons. The van der Waals surface area contributed by atoms with Crippen molar-refractivity contribution in [3.05, 3.63) is 77.7 Å². The lowest BCUT2D eigenvalue weighted by Crippen LogP contribution is -2.37. The minimum Gasteiger partial charge on any atom is -0.349 e. The van der Waals surface area contributed by atoms with Crippen LogP contribution in [0.3, 0.4) is 0 Å². The van der Waals surface area contributed by atoms with Gasteiger partial charge < -0.3 is 5.32 Å². The van der Waals surface area contributed by atoms with Crippen molar-refractivity contribution in [2.75, 3.05) is 0 Å². The smallest absolute Gasteiger partial charge is 0.253 e. The summed E-state index contributed by atoms with van der Waals surface area (Å²) in [5, 5.41) is 3.75. The summed E-state index contributed by atoms with van der Waals surface area (Å²) in [6.07, 6.45) is 3.10. The van der Waals surface area contributed by atoms with Crippen molar-refractivity contribution in [1.29, 1.82) is 0 Å². The van der Waals surface area contributed by atoms with Crippen molar-refractivity contribution >= 4 is 16.8 Å². The van der Waals surface area contributed by atoms with Gasteiger partial charge >= 0.3 is 0 Å². The summed E-state index contributed by atoms with van der Waals surface area (Å²) in [5.74, 6) is -0.0886. The Balaban J connectivity index is 1.78. The molecule has 3 rings (SSSR count). The van der Waals surface area contributed by atoms with Crippen LogP contribution in [0, 0.1) is 11.7 Å². The van der Waals surface area contributed by atoms with Gasteiger partial charge in [0.2, 0.25) is 0 Å². The summed E-state index contributed by atoms with van der Waals surface area (Å²) >= 11 is 0. The quantitative estimate of drug-likeness (QED) is 0.696. The Labute approximate surface area is 153 Å². The highest BCUT2D eigenvalue weighted by Crippen LogP contribution is 2.17. The summed E-state index contributed by atoms with van der Waals surface area (Å²) in [7, 11) is 0. The predicted molar refractivity (Wildman–Crippen MR) is 103 cm³/mol. The number of halogens is 1. The van der Waals surface area contributed by atoms with Crippen LogP contribution in [0.4, 0.5) is 4.39 Å². The Morgan fingerprint density at radius 2 is 1.88 bits per heavy atom. The van der Waals surface area contributed by atoms with Crippen molar-refractivity contribution in [3.63, 3.8) is 0 Å². The molecule has 1 amide bonds. The van der Waals surface area contributed by atoms with Crippen LogP contribution in [-0.2, 0) is 6.42 Å². The van der Waals surface area contributed by atoms with E-state index in [9.17, 15) is 9.18 Å². The molecule has 0 saturated heterocycles. The molecule has 2 aromatic carbocycles. The van der Waals surface area contributed by atoms with Crippen molar-refractivity contribution in [2.45, 2.75) is 32.7 Å². The van der Waals surface area contributed by atoms with E-state index < -0.39 is 0 Å². The Bertz CT molecular complexity index is 893. The fraction of sp³-hybridized carbons (Fsp3) is 0.273. The van der Waals surface area contributed by atoms with E-state index in [4.69, 9.17) is 0 Å². The molecule has 26 heavy (non-hydrogen) atoms. The highest BCUT2D eigenvalue weighted by atomic mass is 19.1. The molecule has 1 aromatic heterocycles. The Kier molecular flexibility index (Phi) is 5.61. The number of fused-ring (bicyclic) bond motifs is 1. The Hall–Kier alpha value is -2.75. The number of carbonyl (C=O) groups is 1. The number of hydrogen-bond acceptors (Lipinski definition) is 2. The van der Waals surface area contributed by atoms with E-state index in [2.05, 4.69) is 36.3 Å². The number of carbonyl (C=O) groups excluding carboxylic acids is 1. The summed E-state index contributed by atoms with van der Waals surface area (Å²) in [6.45, 7) is 4.29. The molecule has 0 aliphatic carbocycles. The molecule has 1 heterocycles. The third-order valence-corrected chi connectivity index (χ3v) is 4.34. The van der Waals surface area contributed by atoms with Crippen molar-refractivity contribution in [1.82, 2.24) is 10.3 Å². The third-order valence-electron chi connectivity index (χ3n) is 4.34. The van der Waals surface area contributed by atoms with E-state index in [-0.39, 0.29) is 23.3 Å². The number of amides is 1. The zero-order valence-corrected chi connectivity index (χ0v) is 15.1. The summed E-state index contributed by atoms with van der Waals surface area (Å²) in [4.78, 5) is 16.8. The fourth-order valence-electron chi connectivity index (χ4n) is 3.18. The highest BCUT2D eigenvalue weighted by Gasteiger charge is 2.17. The van der Waals surface area contributed by atoms with Crippen LogP contribution in [0.1, 0.15) is 36.2 Å². The van der Waals surface area contributed by atoms with Gasteiger partial charge in [-0.25, -0.2) is 4.39 Å². The predicted octanol–water partition coefficient (Wildman–Crippen LogP) is 4.76. The number of benzene rings is 2. The van der Waals surface area contributed by atoms with Crippen LogP contribution < -0.4 is 5.32 Å². The summed E-state index contributed by atoms with van der Waals surface area (Å²) in [5.41, 5.74) is 1.93. The molecule has 3 nitrogen and oxygen atoms in total. The molecule has 0 bridgehead atoms. The number of para-hydroxylation sites is 1. The number of pyridine rings is 1. The molecule has 0 unspecified atom stereocenters. The highest BCUT2D eigenvalue weighted by molar-refractivity contribution is 5.97. The van der Waals surface area contributed by atoms with Gasteiger partial charge in [0.15, 0.2) is 0 Å². The van der Waals surface area contributed by atoms with Crippen molar-refractivity contribution < 1.29 is 9.18 Å². The number of nitrogens with zero attached hydrogens (tertiary/aromatic N) is 1. The zero-order chi connectivity index (χ0) is 18.5. The molecule has 0 aliphatic rings. The van der Waals surface area contributed by atoms with E-state index in [0.29, 0.717) is 16.9 Å². The second-order valence-electron chi connectivity index (χ2n) is 7.03. The van der Waals surface area contributed by atoms with Gasteiger partial charge in [-0.15, -0.1) is 0 Å². The number of rotatable bonds is 6. The van der Waals surface area contributed by atoms with Crippen LogP contribution in [0.2, 0.25) is 0 Å². The number of hydrogen-bond donors (Lipinski definition) is 1. The standard InChI is InChI=1S/C22H23FN2O/c1-15(2)11-19(12-16-7-4-3-5-8-16)25-22(26)18-13-17-9-6-10-20(23)21(17)24-14-18/h3-10,13-15,19H,11-12H2,1-2H3,(H,25,26)/t19-/m0/s1. The lowest BCUT2D eigenvalue weighted by atomic mass is 9.97. The minimum absolute atomic E-state index is 0.0353. The first-order valence-electron chi connectivity index (χ1n) is 8.92. The molecular formula is C22H23FN2O. The summed E-state index contributed by atoms with van der Waals surface area (Å²) in [6, 6.07) is 16.6. The van der Waals surface area contributed by atoms with Crippen LogP contribution in [0.25, 0.3) is 10.9 Å². The molecule has 0 saturated carbocycles. The number of aromatic nitrogens is 1. The van der Waals surface area contributed by atoms with E-state index in [1.165, 1.54) is 17.8 Å². The van der Waals surface area contributed by atoms with Gasteiger partial charge in [0.1, 0.15) is 11.3 Å². The second-order valence-corrected chi connectivity index (χ2v) is 7.03. The van der Waals surface area contributed by atoms with Crippen LogP contribution in [-0.4, -0.2) is 16.9 Å². The first-order valence-corrected chi connectivity index (χ1v) is 8.92. The van der Waals surface area contributed by atoms with Gasteiger partial charge in [-0.1, -0.05) is 56.3 Å². The molecule has 3 aromatic rings. The van der Waals surface area contributed by atoms with Crippen LogP contribution >= 0.6 is 0 Å². The largest absolute Gasteiger partial charge is 0.349 e. The average molecular weight is 350 g/mol. The Morgan fingerprint density at radius 3 is 2.62 bits per heavy atom. The number of nitrogens with one attached hydrogen (secondary N) is 1. The summed E-state index contributed by atoms with van der Waals surface area (Å²) < 4.78 is 13.8. The molecule has 0 fully saturated rings. The van der Waals surface area contributed by atoms with Gasteiger partial charge in [0.25, 0.3) is 5.91 Å². The molecule has 1 atom stereocenters. The molecule has 4 heteroatoms. The Morgan fingerprint density at radius 1 is 1.12 bits per heavy atom. The average Bonchev–Trinajstić information content (AvgIpc) is 2.62. The van der Waals surface area contributed by atoms with Gasteiger partial charge in [0.05, 0.1) is 5.56 Å². The zero-order valence-electron chi connectivity index (χ0n) is 15.1. The maximum atomic E-state index is 13.8. The van der Waals surface area contributed by atoms with E-state index in [1.54, 1.807) is 18.2 Å². The van der Waals surface area contributed by atoms with Gasteiger partial charge in [-0.2, -0.15) is 0 Å². The topological polar surface area (TPSA) is 42.0 Å². The lowest BCUT2D eigenvalue weighted by Gasteiger charge is -2.21. The van der Waals surface area contributed by atoms with E-state index in [0.717, 1.165) is 12.8 Å². The van der Waals surface area contributed by atoms with Crippen LogP contribution in [0.5, 0.6) is 0 Å². The molecule has 0 spiro atoms. The lowest BCUT2D eigenvalue weighted by molar-refractivity contribution is 0.0932. The SMILES string of the molecule is CC(C)C[C@@H](Cc1ccccc1)NC(=O)c1cnc2c(F)cccc2c1. The second kappa shape index (κ2) is 8.09. The van der Waals surface area contributed by atoms with Crippen LogP contribution in [0.15, 0.2) is 60.8 Å². The minimum atomic E-state index is -0.378. The van der Waals surface area contributed by atoms with Crippen molar-refractivity contribution in [2.24, 2.45) is 5.92 Å².